The molecule has 0 atom stereocenters. The quantitative estimate of drug-likeness (QED) is 0.626. The Morgan fingerprint density at radius 1 is 1.15 bits per heavy atom. The summed E-state index contributed by atoms with van der Waals surface area (Å²) in [5, 5.41) is 19.4. The van der Waals surface area contributed by atoms with Crippen LogP contribution in [0, 0.1) is 6.92 Å². The van der Waals surface area contributed by atoms with E-state index in [1.807, 2.05) is 31.2 Å². The van der Waals surface area contributed by atoms with Gasteiger partial charge >= 0.3 is 0 Å². The zero-order chi connectivity index (χ0) is 18.8. The van der Waals surface area contributed by atoms with E-state index in [2.05, 4.69) is 20.8 Å². The second-order valence-electron chi connectivity index (χ2n) is 6.61. The van der Waals surface area contributed by atoms with Crippen LogP contribution in [-0.4, -0.2) is 32.2 Å². The van der Waals surface area contributed by atoms with Crippen LogP contribution in [0.1, 0.15) is 46.9 Å². The van der Waals surface area contributed by atoms with Gasteiger partial charge in [0.2, 0.25) is 0 Å². The van der Waals surface area contributed by atoms with Gasteiger partial charge in [-0.15, -0.1) is 21.5 Å². The lowest BCUT2D eigenvalue weighted by Gasteiger charge is -2.08. The number of rotatable bonds is 6. The first-order valence-corrected chi connectivity index (χ1v) is 10.3. The molecule has 3 heterocycles. The van der Waals surface area contributed by atoms with Crippen LogP contribution in [0.25, 0.3) is 5.00 Å². The number of halogens is 1. The number of aryl methyl sites for hydroxylation is 2. The average Bonchev–Trinajstić information content (AvgIpc) is 3.20. The molecule has 0 saturated carbocycles. The van der Waals surface area contributed by atoms with Gasteiger partial charge in [0.05, 0.1) is 5.71 Å². The number of hydrogen-bond acceptors (Lipinski definition) is 5. The molecule has 27 heavy (non-hydrogen) atoms. The van der Waals surface area contributed by atoms with Crippen molar-refractivity contribution < 1.29 is 5.11 Å². The van der Waals surface area contributed by atoms with Gasteiger partial charge in [0.15, 0.2) is 5.82 Å². The first-order valence-electron chi connectivity index (χ1n) is 9.13. The third-order valence-electron chi connectivity index (χ3n) is 4.70. The summed E-state index contributed by atoms with van der Waals surface area (Å²) in [4.78, 5) is 6.16. The van der Waals surface area contributed by atoms with Gasteiger partial charge in [-0.3, -0.25) is 9.56 Å². The van der Waals surface area contributed by atoms with Gasteiger partial charge in [-0.1, -0.05) is 36.2 Å². The number of aliphatic imine (C=N–C) groups is 1. The van der Waals surface area contributed by atoms with Crippen molar-refractivity contribution in [3.8, 4) is 5.00 Å². The highest BCUT2D eigenvalue weighted by Crippen LogP contribution is 2.35. The van der Waals surface area contributed by atoms with Crippen molar-refractivity contribution >= 4 is 28.6 Å². The smallest absolute Gasteiger partial charge is 0.160 e. The molecule has 1 aliphatic rings. The number of aliphatic hydroxyl groups is 1. The number of thiophene rings is 1. The molecule has 1 aromatic carbocycles. The fourth-order valence-corrected chi connectivity index (χ4v) is 4.86. The number of aromatic nitrogens is 3. The topological polar surface area (TPSA) is 63.3 Å². The van der Waals surface area contributed by atoms with Crippen LogP contribution >= 0.6 is 22.9 Å². The Hall–Kier alpha value is -2.02. The monoisotopic (exact) mass is 400 g/mol. The van der Waals surface area contributed by atoms with E-state index in [0.717, 1.165) is 59.2 Å². The minimum atomic E-state index is 0.257. The number of hydrogen-bond donors (Lipinski definition) is 1. The standard InChI is InChI=1S/C20H21ClN4OS/c1-13-23-24-18-12-22-19(15-8-4-5-9-17(15)21)16-11-14(7-3-2-6-10-26)27-20(16)25(13)18/h4-5,8-9,11,26H,2-3,6-7,10,12H2,1H3. The van der Waals surface area contributed by atoms with Crippen molar-refractivity contribution in [2.45, 2.75) is 39.2 Å². The van der Waals surface area contributed by atoms with Gasteiger partial charge in [-0.05, 0) is 38.3 Å². The predicted octanol–water partition coefficient (Wildman–Crippen LogP) is 4.35. The number of benzene rings is 1. The maximum Gasteiger partial charge on any atom is 0.160 e. The molecule has 0 spiro atoms. The van der Waals surface area contributed by atoms with E-state index in [4.69, 9.17) is 21.7 Å². The van der Waals surface area contributed by atoms with Crippen LogP contribution in [0.5, 0.6) is 0 Å². The summed E-state index contributed by atoms with van der Waals surface area (Å²) in [6.07, 6.45) is 3.93. The Balaban J connectivity index is 1.78. The number of fused-ring (bicyclic) bond motifs is 3. The van der Waals surface area contributed by atoms with Crippen molar-refractivity contribution in [1.29, 1.82) is 0 Å². The summed E-state index contributed by atoms with van der Waals surface area (Å²) in [5.74, 6) is 1.72. The molecule has 0 amide bonds. The Morgan fingerprint density at radius 2 is 2.00 bits per heavy atom. The molecule has 0 fully saturated rings. The molecule has 0 aliphatic carbocycles. The van der Waals surface area contributed by atoms with Gasteiger partial charge in [-0.25, -0.2) is 0 Å². The molecule has 0 unspecified atom stereocenters. The van der Waals surface area contributed by atoms with E-state index in [1.165, 1.54) is 4.88 Å². The molecular weight excluding hydrogens is 380 g/mol. The molecule has 4 rings (SSSR count). The van der Waals surface area contributed by atoms with Crippen molar-refractivity contribution in [1.82, 2.24) is 14.8 Å². The maximum atomic E-state index is 8.99. The van der Waals surface area contributed by atoms with Gasteiger partial charge in [0, 0.05) is 27.6 Å². The van der Waals surface area contributed by atoms with Gasteiger partial charge in [0.25, 0.3) is 0 Å². The molecule has 0 radical (unpaired) electrons. The Morgan fingerprint density at radius 3 is 2.81 bits per heavy atom. The fourth-order valence-electron chi connectivity index (χ4n) is 3.37. The highest BCUT2D eigenvalue weighted by Gasteiger charge is 2.25. The van der Waals surface area contributed by atoms with Crippen molar-refractivity contribution in [2.24, 2.45) is 4.99 Å². The highest BCUT2D eigenvalue weighted by molar-refractivity contribution is 7.15. The van der Waals surface area contributed by atoms with Crippen LogP contribution in [0.15, 0.2) is 35.3 Å². The van der Waals surface area contributed by atoms with E-state index in [9.17, 15) is 0 Å². The zero-order valence-electron chi connectivity index (χ0n) is 15.2. The predicted molar refractivity (Wildman–Crippen MR) is 109 cm³/mol. The average molecular weight is 401 g/mol. The normalized spacial score (nSPS) is 13.1. The van der Waals surface area contributed by atoms with E-state index in [0.29, 0.717) is 11.6 Å². The minimum absolute atomic E-state index is 0.257. The first-order chi connectivity index (χ1) is 13.2. The van der Waals surface area contributed by atoms with E-state index in [-0.39, 0.29) is 6.61 Å². The molecule has 0 bridgehead atoms. The van der Waals surface area contributed by atoms with Crippen molar-refractivity contribution in [3.05, 3.63) is 63.0 Å². The van der Waals surface area contributed by atoms with E-state index < -0.39 is 0 Å². The third-order valence-corrected chi connectivity index (χ3v) is 6.21. The highest BCUT2D eigenvalue weighted by atomic mass is 35.5. The minimum Gasteiger partial charge on any atom is -0.396 e. The van der Waals surface area contributed by atoms with Crippen LogP contribution in [0.4, 0.5) is 0 Å². The largest absolute Gasteiger partial charge is 0.396 e. The van der Waals surface area contributed by atoms with Gasteiger partial charge in [-0.2, -0.15) is 0 Å². The lowest BCUT2D eigenvalue weighted by Crippen LogP contribution is -2.05. The molecule has 140 valence electrons. The second-order valence-corrected chi connectivity index (χ2v) is 8.13. The summed E-state index contributed by atoms with van der Waals surface area (Å²) in [7, 11) is 0. The number of nitrogens with zero attached hydrogens (tertiary/aromatic N) is 4. The lowest BCUT2D eigenvalue weighted by molar-refractivity contribution is 0.283. The SMILES string of the molecule is Cc1nnc2n1-c1sc(CCCCCO)cc1C(c1ccccc1Cl)=NC2. The third kappa shape index (κ3) is 3.57. The lowest BCUT2D eigenvalue weighted by atomic mass is 10.0. The van der Waals surface area contributed by atoms with Crippen molar-refractivity contribution in [2.75, 3.05) is 6.61 Å². The molecule has 5 nitrogen and oxygen atoms in total. The molecular formula is C20H21ClN4OS. The summed E-state index contributed by atoms with van der Waals surface area (Å²) >= 11 is 8.25. The Labute approximate surface area is 167 Å². The first kappa shape index (κ1) is 18.3. The van der Waals surface area contributed by atoms with Crippen LogP contribution in [0.2, 0.25) is 5.02 Å². The molecule has 0 saturated heterocycles. The van der Waals surface area contributed by atoms with E-state index >= 15 is 0 Å². The Bertz CT molecular complexity index is 992. The maximum absolute atomic E-state index is 8.99. The summed E-state index contributed by atoms with van der Waals surface area (Å²) in [6.45, 7) is 2.71. The van der Waals surface area contributed by atoms with E-state index in [1.54, 1.807) is 11.3 Å². The summed E-state index contributed by atoms with van der Waals surface area (Å²) in [6, 6.07) is 10.1. The number of unbranched alkanes of at least 4 members (excludes halogenated alkanes) is 2. The van der Waals surface area contributed by atoms with Gasteiger partial charge in [0.1, 0.15) is 17.4 Å². The second kappa shape index (κ2) is 7.92. The summed E-state index contributed by atoms with van der Waals surface area (Å²) < 4.78 is 2.12. The Kier molecular flexibility index (Phi) is 5.38. The molecule has 1 aliphatic heterocycles. The molecule has 7 heteroatoms. The zero-order valence-corrected chi connectivity index (χ0v) is 16.7. The van der Waals surface area contributed by atoms with Gasteiger partial charge < -0.3 is 5.11 Å². The van der Waals surface area contributed by atoms with Crippen molar-refractivity contribution in [3.63, 3.8) is 0 Å². The molecule has 2 aromatic heterocycles. The van der Waals surface area contributed by atoms with Crippen LogP contribution in [0.3, 0.4) is 0 Å². The summed E-state index contributed by atoms with van der Waals surface area (Å²) in [5.41, 5.74) is 2.95. The molecule has 3 aromatic rings. The van der Waals surface area contributed by atoms with Crippen LogP contribution < -0.4 is 0 Å². The van der Waals surface area contributed by atoms with Crippen LogP contribution in [-0.2, 0) is 13.0 Å². The number of aliphatic hydroxyl groups excluding tert-OH is 1. The fraction of sp³-hybridized carbons (Fsp3) is 0.350. The molecule has 1 N–H and O–H groups in total.